The minimum atomic E-state index is -3.77. The summed E-state index contributed by atoms with van der Waals surface area (Å²) in [7, 11) is -3.77. The molecule has 1 aliphatic carbocycles. The summed E-state index contributed by atoms with van der Waals surface area (Å²) in [6.07, 6.45) is 4.67. The van der Waals surface area contributed by atoms with Crippen molar-refractivity contribution in [3.8, 4) is 0 Å². The summed E-state index contributed by atoms with van der Waals surface area (Å²) in [5, 5.41) is 5.22. The van der Waals surface area contributed by atoms with Crippen LogP contribution in [0.2, 0.25) is 0 Å². The van der Waals surface area contributed by atoms with Gasteiger partial charge in [-0.3, -0.25) is 0 Å². The molecule has 5 nitrogen and oxygen atoms in total. The van der Waals surface area contributed by atoms with E-state index in [9.17, 15) is 13.2 Å². The van der Waals surface area contributed by atoms with Crippen LogP contribution in [-0.4, -0.2) is 20.0 Å². The third kappa shape index (κ3) is 3.19. The van der Waals surface area contributed by atoms with Crippen LogP contribution >= 0.6 is 0 Å². The van der Waals surface area contributed by atoms with Crippen molar-refractivity contribution in [2.75, 3.05) is 0 Å². The van der Waals surface area contributed by atoms with Crippen LogP contribution in [0.5, 0.6) is 0 Å². The number of hydrogen-bond donors (Lipinski definition) is 1. The first-order valence-electron chi connectivity index (χ1n) is 9.07. The number of carbonyl (C=O) groups excluding carboxylic acids is 1. The van der Waals surface area contributed by atoms with Gasteiger partial charge in [-0.05, 0) is 48.9 Å². The summed E-state index contributed by atoms with van der Waals surface area (Å²) in [6, 6.07) is 15.9. The Morgan fingerprint density at radius 1 is 0.852 bits per heavy atom. The van der Waals surface area contributed by atoms with E-state index in [0.717, 1.165) is 48.8 Å². The number of ether oxygens (including phenoxy) is 1. The Labute approximate surface area is 158 Å². The number of primary sulfonamides is 1. The third-order valence-electron chi connectivity index (χ3n) is 5.39. The molecule has 27 heavy (non-hydrogen) atoms. The second-order valence-corrected chi connectivity index (χ2v) is 8.69. The van der Waals surface area contributed by atoms with Crippen molar-refractivity contribution in [3.63, 3.8) is 0 Å². The van der Waals surface area contributed by atoms with Gasteiger partial charge in [-0.15, -0.1) is 0 Å². The Balaban J connectivity index is 1.92. The molecule has 0 saturated heterocycles. The number of rotatable bonds is 3. The molecule has 1 aliphatic heterocycles. The van der Waals surface area contributed by atoms with E-state index in [1.165, 1.54) is 12.1 Å². The minimum absolute atomic E-state index is 0.0519. The smallest absolute Gasteiger partial charge is 0.340 e. The largest absolute Gasteiger partial charge is 0.451 e. The average Bonchev–Trinajstić information content (AvgIpc) is 2.93. The Bertz CT molecular complexity index is 1000. The molecule has 0 unspecified atom stereocenters. The van der Waals surface area contributed by atoms with Crippen LogP contribution in [0.1, 0.15) is 43.2 Å². The van der Waals surface area contributed by atoms with Gasteiger partial charge in [0.15, 0.2) is 0 Å². The van der Waals surface area contributed by atoms with E-state index >= 15 is 0 Å². The highest BCUT2D eigenvalue weighted by molar-refractivity contribution is 7.89. The van der Waals surface area contributed by atoms with E-state index in [4.69, 9.17) is 9.88 Å². The Hall–Kier alpha value is -2.44. The fourth-order valence-electron chi connectivity index (χ4n) is 4.17. The van der Waals surface area contributed by atoms with Crippen LogP contribution < -0.4 is 5.14 Å². The average molecular weight is 383 g/mol. The van der Waals surface area contributed by atoms with Gasteiger partial charge in [0.25, 0.3) is 0 Å². The number of nitrogens with two attached hydrogens (primary N) is 1. The van der Waals surface area contributed by atoms with Gasteiger partial charge in [0.2, 0.25) is 10.0 Å². The molecule has 4 rings (SSSR count). The molecule has 2 aromatic rings. The van der Waals surface area contributed by atoms with Gasteiger partial charge in [-0.25, -0.2) is 18.4 Å². The van der Waals surface area contributed by atoms with Crippen LogP contribution in [0.4, 0.5) is 0 Å². The molecule has 0 amide bonds. The highest BCUT2D eigenvalue weighted by Crippen LogP contribution is 2.50. The maximum Gasteiger partial charge on any atom is 0.340 e. The molecule has 1 fully saturated rings. The van der Waals surface area contributed by atoms with E-state index in [1.54, 1.807) is 12.1 Å². The van der Waals surface area contributed by atoms with Crippen molar-refractivity contribution in [3.05, 3.63) is 65.7 Å². The molecular formula is C21H21NO4S. The quantitative estimate of drug-likeness (QED) is 0.822. The lowest BCUT2D eigenvalue weighted by Gasteiger charge is -2.34. The summed E-state index contributed by atoms with van der Waals surface area (Å²) < 4.78 is 29.1. The van der Waals surface area contributed by atoms with Crippen LogP contribution in [0.3, 0.4) is 0 Å². The molecule has 0 bridgehead atoms. The maximum atomic E-state index is 12.9. The van der Waals surface area contributed by atoms with Gasteiger partial charge in [0.1, 0.15) is 5.60 Å². The Kier molecular flexibility index (Phi) is 4.40. The molecule has 2 N–H and O–H groups in total. The fraction of sp³-hybridized carbons (Fsp3) is 0.286. The molecule has 140 valence electrons. The van der Waals surface area contributed by atoms with Gasteiger partial charge in [-0.1, -0.05) is 48.9 Å². The number of esters is 1. The molecule has 1 heterocycles. The van der Waals surface area contributed by atoms with Crippen LogP contribution in [0.15, 0.2) is 59.5 Å². The van der Waals surface area contributed by atoms with Crippen molar-refractivity contribution in [1.29, 1.82) is 0 Å². The lowest BCUT2D eigenvalue weighted by atomic mass is 9.75. The molecule has 1 spiro atoms. The van der Waals surface area contributed by atoms with Gasteiger partial charge >= 0.3 is 5.97 Å². The van der Waals surface area contributed by atoms with E-state index < -0.39 is 15.6 Å². The first kappa shape index (κ1) is 17.9. The zero-order chi connectivity index (χ0) is 19.1. The minimum Gasteiger partial charge on any atom is -0.451 e. The monoisotopic (exact) mass is 383 g/mol. The standard InChI is InChI=1S/C21H21NO4S/c22-27(24,25)17-11-9-16(10-12-17)19-18(15-7-3-1-4-8-15)20(23)26-21(19)13-5-2-6-14-21/h1,3-4,7-12H,2,5-6,13-14H2,(H2,22,24,25). The van der Waals surface area contributed by atoms with E-state index in [1.807, 2.05) is 30.3 Å². The molecule has 1 saturated carbocycles. The van der Waals surface area contributed by atoms with Gasteiger partial charge in [-0.2, -0.15) is 0 Å². The van der Waals surface area contributed by atoms with Crippen molar-refractivity contribution >= 4 is 27.1 Å². The first-order valence-corrected chi connectivity index (χ1v) is 10.6. The van der Waals surface area contributed by atoms with Crippen molar-refractivity contribution in [1.82, 2.24) is 0 Å². The lowest BCUT2D eigenvalue weighted by Crippen LogP contribution is -2.33. The molecule has 0 aromatic heterocycles. The van der Waals surface area contributed by atoms with Crippen molar-refractivity contribution in [2.24, 2.45) is 5.14 Å². The molecule has 2 aromatic carbocycles. The normalized spacial score (nSPS) is 19.4. The third-order valence-corrected chi connectivity index (χ3v) is 6.32. The van der Waals surface area contributed by atoms with Crippen molar-refractivity contribution in [2.45, 2.75) is 42.6 Å². The number of sulfonamides is 1. The first-order chi connectivity index (χ1) is 12.9. The predicted octanol–water partition coefficient (Wildman–Crippen LogP) is 3.50. The van der Waals surface area contributed by atoms with Crippen LogP contribution in [0, 0.1) is 0 Å². The SMILES string of the molecule is NS(=O)(=O)c1ccc(C2=C(c3ccccc3)C(=O)OC23CCCCC3)cc1. The number of carbonyl (C=O) groups is 1. The topological polar surface area (TPSA) is 86.5 Å². The van der Waals surface area contributed by atoms with E-state index in [-0.39, 0.29) is 10.9 Å². The van der Waals surface area contributed by atoms with Gasteiger partial charge in [0.05, 0.1) is 10.5 Å². The van der Waals surface area contributed by atoms with E-state index in [2.05, 4.69) is 0 Å². The zero-order valence-electron chi connectivity index (χ0n) is 14.9. The highest BCUT2D eigenvalue weighted by Gasteiger charge is 2.48. The van der Waals surface area contributed by atoms with Gasteiger partial charge < -0.3 is 4.74 Å². The van der Waals surface area contributed by atoms with Gasteiger partial charge in [0, 0.05) is 5.57 Å². The number of benzene rings is 2. The van der Waals surface area contributed by atoms with Crippen LogP contribution in [-0.2, 0) is 19.6 Å². The summed E-state index contributed by atoms with van der Waals surface area (Å²) in [4.78, 5) is 12.9. The van der Waals surface area contributed by atoms with Crippen LogP contribution in [0.25, 0.3) is 11.1 Å². The maximum absolute atomic E-state index is 12.9. The Morgan fingerprint density at radius 3 is 2.07 bits per heavy atom. The molecule has 6 heteroatoms. The molecular weight excluding hydrogens is 362 g/mol. The van der Waals surface area contributed by atoms with Crippen molar-refractivity contribution < 1.29 is 17.9 Å². The highest BCUT2D eigenvalue weighted by atomic mass is 32.2. The molecule has 2 aliphatic rings. The zero-order valence-corrected chi connectivity index (χ0v) is 15.7. The van der Waals surface area contributed by atoms with E-state index in [0.29, 0.717) is 5.57 Å². The lowest BCUT2D eigenvalue weighted by molar-refractivity contribution is -0.146. The summed E-state index contributed by atoms with van der Waals surface area (Å²) in [5.41, 5.74) is 2.41. The molecule has 0 radical (unpaired) electrons. The number of hydrogen-bond acceptors (Lipinski definition) is 4. The summed E-state index contributed by atoms with van der Waals surface area (Å²) in [6.45, 7) is 0. The fourth-order valence-corrected chi connectivity index (χ4v) is 4.69. The summed E-state index contributed by atoms with van der Waals surface area (Å²) in [5.74, 6) is -0.311. The molecule has 0 atom stereocenters. The Morgan fingerprint density at radius 2 is 1.48 bits per heavy atom. The summed E-state index contributed by atoms with van der Waals surface area (Å²) >= 11 is 0. The second kappa shape index (κ2) is 6.62. The second-order valence-electron chi connectivity index (χ2n) is 7.13. The predicted molar refractivity (Wildman–Crippen MR) is 103 cm³/mol.